The van der Waals surface area contributed by atoms with Crippen LogP contribution in [0.1, 0.15) is 39.9 Å². The van der Waals surface area contributed by atoms with Gasteiger partial charge in [0.15, 0.2) is 0 Å². The summed E-state index contributed by atoms with van der Waals surface area (Å²) in [6.45, 7) is 5.81. The van der Waals surface area contributed by atoms with Crippen molar-refractivity contribution in [2.75, 3.05) is 0 Å². The van der Waals surface area contributed by atoms with Crippen LogP contribution in [0, 0.1) is 13.8 Å². The first-order chi connectivity index (χ1) is 13.9. The third-order valence-electron chi connectivity index (χ3n) is 4.88. The van der Waals surface area contributed by atoms with Crippen LogP contribution < -0.4 is 10.1 Å². The minimum absolute atomic E-state index is 0.257. The topological polar surface area (TPSA) is 84.6 Å². The summed E-state index contributed by atoms with van der Waals surface area (Å²) in [6, 6.07) is 16.3. The van der Waals surface area contributed by atoms with Gasteiger partial charge in [-0.2, -0.15) is 0 Å². The van der Waals surface area contributed by atoms with Gasteiger partial charge in [0.05, 0.1) is 23.4 Å². The SMILES string of the molecule is Cc1noc(C)c1COc1cccc(C(=O)N[C@@H](C)[C@H](O)Cc2ccccc2)c1. The summed E-state index contributed by atoms with van der Waals surface area (Å²) in [6.07, 6.45) is -0.205. The maximum atomic E-state index is 12.6. The number of carbonyl (C=O) groups excluding carboxylic acids is 1. The highest BCUT2D eigenvalue weighted by Crippen LogP contribution is 2.19. The van der Waals surface area contributed by atoms with Gasteiger partial charge in [0.25, 0.3) is 5.91 Å². The predicted molar refractivity (Wildman–Crippen MR) is 110 cm³/mol. The Morgan fingerprint density at radius 3 is 2.62 bits per heavy atom. The Bertz CT molecular complexity index is 933. The molecule has 6 heteroatoms. The molecule has 0 saturated carbocycles. The smallest absolute Gasteiger partial charge is 0.251 e. The summed E-state index contributed by atoms with van der Waals surface area (Å²) < 4.78 is 10.9. The van der Waals surface area contributed by atoms with Crippen molar-refractivity contribution in [2.45, 2.75) is 45.9 Å². The number of aliphatic hydroxyl groups excluding tert-OH is 1. The number of aromatic nitrogens is 1. The van der Waals surface area contributed by atoms with E-state index < -0.39 is 12.1 Å². The van der Waals surface area contributed by atoms with Crippen LogP contribution >= 0.6 is 0 Å². The zero-order valence-corrected chi connectivity index (χ0v) is 16.9. The number of aliphatic hydroxyl groups is 1. The normalized spacial score (nSPS) is 13.0. The zero-order valence-electron chi connectivity index (χ0n) is 16.9. The molecule has 1 heterocycles. The highest BCUT2D eigenvalue weighted by Gasteiger charge is 2.18. The molecule has 3 aromatic rings. The molecule has 1 amide bonds. The first-order valence-electron chi connectivity index (χ1n) is 9.61. The molecule has 0 aliphatic rings. The van der Waals surface area contributed by atoms with E-state index in [1.165, 1.54) is 0 Å². The van der Waals surface area contributed by atoms with Gasteiger partial charge in [0.2, 0.25) is 0 Å². The lowest BCUT2D eigenvalue weighted by Gasteiger charge is -2.20. The predicted octanol–water partition coefficient (Wildman–Crippen LogP) is 3.59. The van der Waals surface area contributed by atoms with Crippen LogP contribution in [0.3, 0.4) is 0 Å². The number of nitrogens with one attached hydrogen (secondary N) is 1. The van der Waals surface area contributed by atoms with Crippen LogP contribution in [-0.4, -0.2) is 28.3 Å². The van der Waals surface area contributed by atoms with Crippen LogP contribution in [-0.2, 0) is 13.0 Å². The van der Waals surface area contributed by atoms with E-state index in [0.717, 1.165) is 22.6 Å². The lowest BCUT2D eigenvalue weighted by molar-refractivity contribution is 0.0851. The number of hydrogen-bond donors (Lipinski definition) is 2. The number of benzene rings is 2. The van der Waals surface area contributed by atoms with Crippen LogP contribution in [0.25, 0.3) is 0 Å². The van der Waals surface area contributed by atoms with Crippen LogP contribution in [0.4, 0.5) is 0 Å². The fourth-order valence-electron chi connectivity index (χ4n) is 3.01. The molecule has 2 atom stereocenters. The second-order valence-electron chi connectivity index (χ2n) is 7.14. The molecule has 0 aliphatic heterocycles. The van der Waals surface area contributed by atoms with Gasteiger partial charge in [-0.3, -0.25) is 4.79 Å². The largest absolute Gasteiger partial charge is 0.489 e. The fraction of sp³-hybridized carbons (Fsp3) is 0.304. The second-order valence-corrected chi connectivity index (χ2v) is 7.14. The molecule has 152 valence electrons. The van der Waals surface area contributed by atoms with E-state index in [4.69, 9.17) is 9.26 Å². The van der Waals surface area contributed by atoms with E-state index in [2.05, 4.69) is 10.5 Å². The van der Waals surface area contributed by atoms with Gasteiger partial charge in [-0.15, -0.1) is 0 Å². The van der Waals surface area contributed by atoms with Crippen molar-refractivity contribution in [3.05, 3.63) is 82.7 Å². The van der Waals surface area contributed by atoms with Gasteiger partial charge >= 0.3 is 0 Å². The van der Waals surface area contributed by atoms with Gasteiger partial charge in [-0.05, 0) is 44.5 Å². The lowest BCUT2D eigenvalue weighted by Crippen LogP contribution is -2.42. The summed E-state index contributed by atoms with van der Waals surface area (Å²) in [7, 11) is 0. The number of aryl methyl sites for hydroxylation is 2. The maximum absolute atomic E-state index is 12.6. The molecule has 0 fully saturated rings. The molecule has 2 N–H and O–H groups in total. The average molecular weight is 394 g/mol. The minimum atomic E-state index is -0.680. The highest BCUT2D eigenvalue weighted by molar-refractivity contribution is 5.94. The van der Waals surface area contributed by atoms with Crippen molar-refractivity contribution in [2.24, 2.45) is 0 Å². The highest BCUT2D eigenvalue weighted by atomic mass is 16.5. The zero-order chi connectivity index (χ0) is 20.8. The monoisotopic (exact) mass is 394 g/mol. The van der Waals surface area contributed by atoms with Gasteiger partial charge < -0.3 is 19.7 Å². The third kappa shape index (κ3) is 5.45. The number of rotatable bonds is 8. The van der Waals surface area contributed by atoms with Crippen molar-refractivity contribution in [3.63, 3.8) is 0 Å². The quantitative estimate of drug-likeness (QED) is 0.610. The van der Waals surface area contributed by atoms with Crippen molar-refractivity contribution >= 4 is 5.91 Å². The molecule has 0 unspecified atom stereocenters. The lowest BCUT2D eigenvalue weighted by atomic mass is 10.0. The number of carbonyl (C=O) groups is 1. The molecule has 0 radical (unpaired) electrons. The van der Waals surface area contributed by atoms with Crippen LogP contribution in [0.5, 0.6) is 5.75 Å². The molecule has 0 saturated heterocycles. The van der Waals surface area contributed by atoms with E-state index in [1.807, 2.05) is 44.2 Å². The van der Waals surface area contributed by atoms with Crippen molar-refractivity contribution in [3.8, 4) is 5.75 Å². The van der Waals surface area contributed by atoms with Gasteiger partial charge in [-0.1, -0.05) is 41.6 Å². The fourth-order valence-corrected chi connectivity index (χ4v) is 3.01. The van der Waals surface area contributed by atoms with E-state index in [0.29, 0.717) is 24.3 Å². The van der Waals surface area contributed by atoms with Crippen molar-refractivity contribution in [1.82, 2.24) is 10.5 Å². The number of ether oxygens (including phenoxy) is 1. The summed E-state index contributed by atoms with van der Waals surface area (Å²) in [5.74, 6) is 1.04. The Morgan fingerprint density at radius 1 is 1.17 bits per heavy atom. The van der Waals surface area contributed by atoms with Gasteiger partial charge in [0.1, 0.15) is 18.1 Å². The van der Waals surface area contributed by atoms with E-state index >= 15 is 0 Å². The first kappa shape index (κ1) is 20.6. The summed E-state index contributed by atoms with van der Waals surface area (Å²) in [4.78, 5) is 12.6. The molecule has 2 aromatic carbocycles. The average Bonchev–Trinajstić information content (AvgIpc) is 3.04. The molecule has 0 aliphatic carbocycles. The molecule has 1 aromatic heterocycles. The van der Waals surface area contributed by atoms with Crippen molar-refractivity contribution < 1.29 is 19.2 Å². The maximum Gasteiger partial charge on any atom is 0.251 e. The Kier molecular flexibility index (Phi) is 6.67. The van der Waals surface area contributed by atoms with E-state index in [1.54, 1.807) is 31.2 Å². The van der Waals surface area contributed by atoms with Gasteiger partial charge in [0, 0.05) is 12.0 Å². The van der Waals surface area contributed by atoms with E-state index in [-0.39, 0.29) is 5.91 Å². The molecule has 0 bridgehead atoms. The Hall–Kier alpha value is -3.12. The second kappa shape index (κ2) is 9.39. The summed E-state index contributed by atoms with van der Waals surface area (Å²) >= 11 is 0. The van der Waals surface area contributed by atoms with Crippen LogP contribution in [0.2, 0.25) is 0 Å². The molecule has 3 rings (SSSR count). The standard InChI is InChI=1S/C23H26N2O4/c1-15-21(17(3)29-25-15)14-28-20-11-7-10-19(13-20)23(27)24-16(2)22(26)12-18-8-5-4-6-9-18/h4-11,13,16,22,26H,12,14H2,1-3H3,(H,24,27)/t16-,22+/m0/s1. The Balaban J connectivity index is 1.58. The third-order valence-corrected chi connectivity index (χ3v) is 4.88. The number of amides is 1. The van der Waals surface area contributed by atoms with Crippen LogP contribution in [0.15, 0.2) is 59.1 Å². The molecular weight excluding hydrogens is 368 g/mol. The van der Waals surface area contributed by atoms with E-state index in [9.17, 15) is 9.90 Å². The molecule has 29 heavy (non-hydrogen) atoms. The number of nitrogens with zero attached hydrogens (tertiary/aromatic N) is 1. The Labute approximate surface area is 170 Å². The molecular formula is C23H26N2O4. The number of hydrogen-bond acceptors (Lipinski definition) is 5. The summed E-state index contributed by atoms with van der Waals surface area (Å²) in [5.41, 5.74) is 3.19. The molecule has 6 nitrogen and oxygen atoms in total. The first-order valence-corrected chi connectivity index (χ1v) is 9.61. The summed E-state index contributed by atoms with van der Waals surface area (Å²) in [5, 5.41) is 17.2. The van der Waals surface area contributed by atoms with Crippen molar-refractivity contribution in [1.29, 1.82) is 0 Å². The molecule has 0 spiro atoms. The van der Waals surface area contributed by atoms with Gasteiger partial charge in [-0.25, -0.2) is 0 Å². The minimum Gasteiger partial charge on any atom is -0.489 e. The Morgan fingerprint density at radius 2 is 1.93 bits per heavy atom.